The number of ether oxygens (including phenoxy) is 1. The Morgan fingerprint density at radius 2 is 2.24 bits per heavy atom. The summed E-state index contributed by atoms with van der Waals surface area (Å²) >= 11 is 12.1. The molecule has 1 heterocycles. The van der Waals surface area contributed by atoms with Gasteiger partial charge in [-0.1, -0.05) is 17.7 Å². The van der Waals surface area contributed by atoms with Crippen molar-refractivity contribution in [1.82, 2.24) is 9.55 Å². The van der Waals surface area contributed by atoms with E-state index >= 15 is 0 Å². The Bertz CT molecular complexity index is 524. The maximum atomic E-state index is 6.21. The van der Waals surface area contributed by atoms with Crippen molar-refractivity contribution in [1.29, 1.82) is 0 Å². The zero-order valence-electron chi connectivity index (χ0n) is 9.78. The molecule has 0 saturated heterocycles. The van der Waals surface area contributed by atoms with Gasteiger partial charge in [-0.25, -0.2) is 4.98 Å². The van der Waals surface area contributed by atoms with Crippen LogP contribution < -0.4 is 0 Å². The molecule has 17 heavy (non-hydrogen) atoms. The number of halogens is 2. The maximum absolute atomic E-state index is 6.21. The summed E-state index contributed by atoms with van der Waals surface area (Å²) < 4.78 is 7.30. The second-order valence-corrected chi connectivity index (χ2v) is 4.60. The highest BCUT2D eigenvalue weighted by molar-refractivity contribution is 6.35. The molecule has 0 N–H and O–H groups in total. The fourth-order valence-corrected chi connectivity index (χ4v) is 2.30. The molecule has 1 unspecified atom stereocenters. The van der Waals surface area contributed by atoms with Crippen molar-refractivity contribution in [3.63, 3.8) is 0 Å². The molecule has 0 aliphatic heterocycles. The van der Waals surface area contributed by atoms with E-state index in [1.54, 1.807) is 7.11 Å². The van der Waals surface area contributed by atoms with Crippen LogP contribution in [0.4, 0.5) is 0 Å². The van der Waals surface area contributed by atoms with Gasteiger partial charge in [0, 0.05) is 7.11 Å². The number of para-hydroxylation sites is 1. The molecule has 0 amide bonds. The zero-order chi connectivity index (χ0) is 12.4. The van der Waals surface area contributed by atoms with E-state index in [-0.39, 0.29) is 6.10 Å². The molecule has 3 nitrogen and oxygen atoms in total. The molecule has 5 heteroatoms. The number of alkyl halides is 1. The standard InChI is InChI=1S/C12H14Cl2N2O/c1-8(17-2)7-16-11(6-13)15-10-5-3-4-9(14)12(10)16/h3-5,8H,6-7H2,1-2H3. The minimum absolute atomic E-state index is 0.0886. The van der Waals surface area contributed by atoms with Crippen molar-refractivity contribution in [3.05, 3.63) is 29.0 Å². The summed E-state index contributed by atoms with van der Waals surface area (Å²) in [6, 6.07) is 5.68. The minimum atomic E-state index is 0.0886. The lowest BCUT2D eigenvalue weighted by molar-refractivity contribution is 0.103. The largest absolute Gasteiger partial charge is 0.380 e. The van der Waals surface area contributed by atoms with Crippen molar-refractivity contribution < 1.29 is 4.74 Å². The number of nitrogens with zero attached hydrogens (tertiary/aromatic N) is 2. The van der Waals surface area contributed by atoms with E-state index in [9.17, 15) is 0 Å². The highest BCUT2D eigenvalue weighted by Gasteiger charge is 2.14. The highest BCUT2D eigenvalue weighted by Crippen LogP contribution is 2.25. The van der Waals surface area contributed by atoms with Gasteiger partial charge < -0.3 is 9.30 Å². The van der Waals surface area contributed by atoms with Crippen molar-refractivity contribution in [3.8, 4) is 0 Å². The summed E-state index contributed by atoms with van der Waals surface area (Å²) in [6.07, 6.45) is 0.0886. The van der Waals surface area contributed by atoms with Crippen LogP contribution in [-0.4, -0.2) is 22.8 Å². The van der Waals surface area contributed by atoms with Gasteiger partial charge in [-0.05, 0) is 19.1 Å². The molecule has 0 bridgehead atoms. The molecular weight excluding hydrogens is 259 g/mol. The van der Waals surface area contributed by atoms with Gasteiger partial charge in [0.1, 0.15) is 5.82 Å². The van der Waals surface area contributed by atoms with Crippen molar-refractivity contribution >= 4 is 34.2 Å². The Hall–Kier alpha value is -0.770. The van der Waals surface area contributed by atoms with Gasteiger partial charge in [-0.15, -0.1) is 11.6 Å². The average Bonchev–Trinajstić information content (AvgIpc) is 2.68. The number of benzene rings is 1. The lowest BCUT2D eigenvalue weighted by atomic mass is 10.3. The first kappa shape index (κ1) is 12.7. The lowest BCUT2D eigenvalue weighted by Crippen LogP contribution is -2.16. The molecular formula is C12H14Cl2N2O. The smallest absolute Gasteiger partial charge is 0.124 e. The minimum Gasteiger partial charge on any atom is -0.380 e. The normalized spacial score (nSPS) is 13.2. The molecule has 0 spiro atoms. The van der Waals surface area contributed by atoms with Gasteiger partial charge >= 0.3 is 0 Å². The number of aromatic nitrogens is 2. The van der Waals surface area contributed by atoms with Crippen LogP contribution >= 0.6 is 23.2 Å². The third-order valence-electron chi connectivity index (χ3n) is 2.76. The number of hydrogen-bond acceptors (Lipinski definition) is 2. The maximum Gasteiger partial charge on any atom is 0.124 e. The summed E-state index contributed by atoms with van der Waals surface area (Å²) in [5, 5.41) is 0.690. The molecule has 0 aliphatic rings. The molecule has 1 atom stereocenters. The fraction of sp³-hybridized carbons (Fsp3) is 0.417. The quantitative estimate of drug-likeness (QED) is 0.797. The Kier molecular flexibility index (Phi) is 3.92. The summed E-state index contributed by atoms with van der Waals surface area (Å²) in [5.74, 6) is 1.18. The Morgan fingerprint density at radius 3 is 2.88 bits per heavy atom. The molecule has 0 fully saturated rings. The summed E-state index contributed by atoms with van der Waals surface area (Å²) in [5.41, 5.74) is 1.80. The molecule has 0 aliphatic carbocycles. The van der Waals surface area contributed by atoms with E-state index in [0.29, 0.717) is 17.4 Å². The van der Waals surface area contributed by atoms with E-state index < -0.39 is 0 Å². The van der Waals surface area contributed by atoms with Crippen LogP contribution in [0.5, 0.6) is 0 Å². The van der Waals surface area contributed by atoms with E-state index in [4.69, 9.17) is 27.9 Å². The second kappa shape index (κ2) is 5.25. The number of hydrogen-bond donors (Lipinski definition) is 0. The topological polar surface area (TPSA) is 27.1 Å². The van der Waals surface area contributed by atoms with E-state index in [2.05, 4.69) is 4.98 Å². The molecule has 0 saturated carbocycles. The molecule has 2 rings (SSSR count). The van der Waals surface area contributed by atoms with Crippen LogP contribution in [0.2, 0.25) is 5.02 Å². The van der Waals surface area contributed by atoms with Gasteiger partial charge in [-0.3, -0.25) is 0 Å². The predicted molar refractivity (Wildman–Crippen MR) is 70.8 cm³/mol. The molecule has 1 aromatic heterocycles. The van der Waals surface area contributed by atoms with Crippen LogP contribution in [0.25, 0.3) is 11.0 Å². The first-order valence-electron chi connectivity index (χ1n) is 5.39. The van der Waals surface area contributed by atoms with Crippen LogP contribution in [0, 0.1) is 0 Å². The first-order valence-corrected chi connectivity index (χ1v) is 6.31. The zero-order valence-corrected chi connectivity index (χ0v) is 11.3. The lowest BCUT2D eigenvalue weighted by Gasteiger charge is -2.13. The van der Waals surface area contributed by atoms with E-state index in [0.717, 1.165) is 16.9 Å². The van der Waals surface area contributed by atoms with Crippen molar-refractivity contribution in [2.75, 3.05) is 7.11 Å². The van der Waals surface area contributed by atoms with Crippen molar-refractivity contribution in [2.24, 2.45) is 0 Å². The third-order valence-corrected chi connectivity index (χ3v) is 3.30. The van der Waals surface area contributed by atoms with Gasteiger partial charge in [0.05, 0.1) is 34.6 Å². The monoisotopic (exact) mass is 272 g/mol. The molecule has 2 aromatic rings. The van der Waals surface area contributed by atoms with Gasteiger partial charge in [0.25, 0.3) is 0 Å². The number of methoxy groups -OCH3 is 1. The van der Waals surface area contributed by atoms with Crippen molar-refractivity contribution in [2.45, 2.75) is 25.5 Å². The van der Waals surface area contributed by atoms with Crippen LogP contribution in [-0.2, 0) is 17.2 Å². The summed E-state index contributed by atoms with van der Waals surface area (Å²) in [4.78, 5) is 4.47. The first-order chi connectivity index (χ1) is 8.17. The van der Waals surface area contributed by atoms with Crippen LogP contribution in [0.3, 0.4) is 0 Å². The van der Waals surface area contributed by atoms with Gasteiger partial charge in [0.2, 0.25) is 0 Å². The van der Waals surface area contributed by atoms with E-state index in [1.807, 2.05) is 29.7 Å². The number of rotatable bonds is 4. The SMILES string of the molecule is COC(C)Cn1c(CCl)nc2cccc(Cl)c21. The Morgan fingerprint density at radius 1 is 1.47 bits per heavy atom. The number of imidazole rings is 1. The number of fused-ring (bicyclic) bond motifs is 1. The Balaban J connectivity index is 2.57. The molecule has 0 radical (unpaired) electrons. The molecule has 92 valence electrons. The highest BCUT2D eigenvalue weighted by atomic mass is 35.5. The fourth-order valence-electron chi connectivity index (χ4n) is 1.82. The van der Waals surface area contributed by atoms with Crippen LogP contribution in [0.1, 0.15) is 12.7 Å². The van der Waals surface area contributed by atoms with Crippen LogP contribution in [0.15, 0.2) is 18.2 Å². The van der Waals surface area contributed by atoms with E-state index in [1.165, 1.54) is 0 Å². The van der Waals surface area contributed by atoms with Gasteiger partial charge in [0.15, 0.2) is 0 Å². The third kappa shape index (κ3) is 2.41. The predicted octanol–water partition coefficient (Wildman–Crippen LogP) is 3.46. The molecule has 1 aromatic carbocycles. The summed E-state index contributed by atoms with van der Waals surface area (Å²) in [6.45, 7) is 2.69. The Labute approximate surface area is 110 Å². The summed E-state index contributed by atoms with van der Waals surface area (Å²) in [7, 11) is 1.69. The second-order valence-electron chi connectivity index (χ2n) is 3.93. The average molecular weight is 273 g/mol. The van der Waals surface area contributed by atoms with Gasteiger partial charge in [-0.2, -0.15) is 0 Å².